The van der Waals surface area contributed by atoms with Crippen LogP contribution in [0.1, 0.15) is 16.8 Å². The summed E-state index contributed by atoms with van der Waals surface area (Å²) in [6, 6.07) is 4.46. The van der Waals surface area contributed by atoms with Crippen LogP contribution in [-0.4, -0.2) is 44.8 Å². The fourth-order valence-corrected chi connectivity index (χ4v) is 4.40. The van der Waals surface area contributed by atoms with Gasteiger partial charge in [-0.15, -0.1) is 12.4 Å². The van der Waals surface area contributed by atoms with E-state index < -0.39 is 15.9 Å². The summed E-state index contributed by atoms with van der Waals surface area (Å²) >= 11 is 3.20. The maximum Gasteiger partial charge on any atom is 0.248 e. The molecule has 1 heterocycles. The Labute approximate surface area is 138 Å². The van der Waals surface area contributed by atoms with Crippen LogP contribution in [0.15, 0.2) is 27.6 Å². The van der Waals surface area contributed by atoms with Crippen LogP contribution in [-0.2, 0) is 10.0 Å². The minimum Gasteiger partial charge on any atom is -0.366 e. The highest BCUT2D eigenvalue weighted by Crippen LogP contribution is 2.25. The van der Waals surface area contributed by atoms with Gasteiger partial charge in [0.1, 0.15) is 0 Å². The first-order valence-corrected chi connectivity index (χ1v) is 8.35. The second kappa shape index (κ2) is 7.06. The molecule has 1 saturated heterocycles. The summed E-state index contributed by atoms with van der Waals surface area (Å²) in [7, 11) is -1.79. The van der Waals surface area contributed by atoms with E-state index in [-0.39, 0.29) is 28.9 Å². The predicted octanol–water partition coefficient (Wildman–Crippen LogP) is 0.952. The Morgan fingerprint density at radius 3 is 2.62 bits per heavy atom. The highest BCUT2D eigenvalue weighted by atomic mass is 79.9. The average molecular weight is 399 g/mol. The van der Waals surface area contributed by atoms with E-state index in [0.29, 0.717) is 17.6 Å². The molecule has 9 heteroatoms. The molecule has 1 aromatic carbocycles. The summed E-state index contributed by atoms with van der Waals surface area (Å²) in [6.45, 7) is 0.892. The molecule has 118 valence electrons. The van der Waals surface area contributed by atoms with Gasteiger partial charge in [0.05, 0.1) is 4.90 Å². The summed E-state index contributed by atoms with van der Waals surface area (Å²) in [6.07, 6.45) is 0.770. The van der Waals surface area contributed by atoms with Crippen molar-refractivity contribution < 1.29 is 13.2 Å². The van der Waals surface area contributed by atoms with Gasteiger partial charge in [-0.05, 0) is 31.7 Å². The zero-order valence-electron chi connectivity index (χ0n) is 11.4. The second-order valence-electron chi connectivity index (χ2n) is 4.68. The fourth-order valence-electron chi connectivity index (χ4n) is 2.19. The lowest BCUT2D eigenvalue weighted by Crippen LogP contribution is -2.33. The number of benzene rings is 1. The molecule has 0 aromatic heterocycles. The van der Waals surface area contributed by atoms with Gasteiger partial charge in [0.2, 0.25) is 15.9 Å². The van der Waals surface area contributed by atoms with Crippen LogP contribution in [0, 0.1) is 0 Å². The summed E-state index contributed by atoms with van der Waals surface area (Å²) < 4.78 is 27.0. The largest absolute Gasteiger partial charge is 0.366 e. The molecule has 1 aliphatic heterocycles. The Kier molecular flexibility index (Phi) is 6.18. The molecule has 1 unspecified atom stereocenters. The number of hydrogen-bond acceptors (Lipinski definition) is 4. The number of likely N-dealkylation sites (N-methyl/N-ethyl adjacent to an activating group) is 1. The number of carbonyl (C=O) groups is 1. The molecule has 0 aliphatic carbocycles. The van der Waals surface area contributed by atoms with E-state index in [1.54, 1.807) is 0 Å². The maximum atomic E-state index is 12.5. The summed E-state index contributed by atoms with van der Waals surface area (Å²) in [5.41, 5.74) is 5.38. The number of nitrogens with two attached hydrogens (primary N) is 1. The van der Waals surface area contributed by atoms with Crippen molar-refractivity contribution in [2.75, 3.05) is 20.1 Å². The number of sulfonamides is 1. The number of carbonyl (C=O) groups excluding carboxylic acids is 1. The molecule has 1 amide bonds. The SMILES string of the molecule is CNC1CCN(S(=O)(=O)c2cc(Br)cc(C(N)=O)c2)C1.Cl. The molecule has 0 radical (unpaired) electrons. The van der Waals surface area contributed by atoms with E-state index in [9.17, 15) is 13.2 Å². The van der Waals surface area contributed by atoms with E-state index in [4.69, 9.17) is 5.73 Å². The smallest absolute Gasteiger partial charge is 0.248 e. The van der Waals surface area contributed by atoms with Crippen molar-refractivity contribution >= 4 is 44.3 Å². The number of primary amides is 1. The van der Waals surface area contributed by atoms with Crippen LogP contribution in [0.4, 0.5) is 0 Å². The van der Waals surface area contributed by atoms with E-state index in [2.05, 4.69) is 21.2 Å². The molecule has 2 rings (SSSR count). The van der Waals surface area contributed by atoms with E-state index in [1.807, 2.05) is 7.05 Å². The topological polar surface area (TPSA) is 92.5 Å². The number of rotatable bonds is 4. The lowest BCUT2D eigenvalue weighted by atomic mass is 10.2. The molecule has 0 saturated carbocycles. The third kappa shape index (κ3) is 3.95. The zero-order chi connectivity index (χ0) is 14.9. The van der Waals surface area contributed by atoms with Gasteiger partial charge in [0, 0.05) is 29.2 Å². The molecular weight excluding hydrogens is 382 g/mol. The van der Waals surface area contributed by atoms with Gasteiger partial charge in [-0.1, -0.05) is 15.9 Å². The zero-order valence-corrected chi connectivity index (χ0v) is 14.6. The van der Waals surface area contributed by atoms with E-state index in [0.717, 1.165) is 6.42 Å². The lowest BCUT2D eigenvalue weighted by Gasteiger charge is -2.17. The van der Waals surface area contributed by atoms with E-state index >= 15 is 0 Å². The summed E-state index contributed by atoms with van der Waals surface area (Å²) in [4.78, 5) is 11.3. The van der Waals surface area contributed by atoms with Crippen LogP contribution in [0.3, 0.4) is 0 Å². The third-order valence-electron chi connectivity index (χ3n) is 3.35. The standard InChI is InChI=1S/C12H16BrN3O3S.ClH/c1-15-10-2-3-16(7-10)20(18,19)11-5-8(12(14)17)4-9(13)6-11;/h4-6,10,15H,2-3,7H2,1H3,(H2,14,17);1H. The maximum absolute atomic E-state index is 12.5. The molecular formula is C12H17BrClN3O3S. The van der Waals surface area contributed by atoms with Crippen LogP contribution in [0.5, 0.6) is 0 Å². The Bertz CT molecular complexity index is 639. The summed E-state index contributed by atoms with van der Waals surface area (Å²) in [5, 5.41) is 3.07. The van der Waals surface area contributed by atoms with Crippen molar-refractivity contribution in [1.29, 1.82) is 0 Å². The lowest BCUT2D eigenvalue weighted by molar-refractivity contribution is 0.1000. The van der Waals surface area contributed by atoms with Crippen molar-refractivity contribution in [3.63, 3.8) is 0 Å². The van der Waals surface area contributed by atoms with Crippen LogP contribution in [0.2, 0.25) is 0 Å². The predicted molar refractivity (Wildman–Crippen MR) is 86.1 cm³/mol. The van der Waals surface area contributed by atoms with Crippen LogP contribution in [0.25, 0.3) is 0 Å². The molecule has 1 fully saturated rings. The minimum absolute atomic E-state index is 0. The molecule has 21 heavy (non-hydrogen) atoms. The van der Waals surface area contributed by atoms with Crippen molar-refractivity contribution in [3.05, 3.63) is 28.2 Å². The van der Waals surface area contributed by atoms with Gasteiger partial charge in [-0.25, -0.2) is 8.42 Å². The van der Waals surface area contributed by atoms with Gasteiger partial charge in [-0.2, -0.15) is 4.31 Å². The highest BCUT2D eigenvalue weighted by molar-refractivity contribution is 9.10. The fraction of sp³-hybridized carbons (Fsp3) is 0.417. The van der Waals surface area contributed by atoms with E-state index in [1.165, 1.54) is 22.5 Å². The molecule has 1 atom stereocenters. The normalized spacial score (nSPS) is 19.2. The van der Waals surface area contributed by atoms with Crippen LogP contribution < -0.4 is 11.1 Å². The number of hydrogen-bond donors (Lipinski definition) is 2. The van der Waals surface area contributed by atoms with Crippen molar-refractivity contribution in [2.45, 2.75) is 17.4 Å². The van der Waals surface area contributed by atoms with Gasteiger partial charge in [0.25, 0.3) is 0 Å². The average Bonchev–Trinajstić information content (AvgIpc) is 2.87. The van der Waals surface area contributed by atoms with Gasteiger partial charge in [0.15, 0.2) is 0 Å². The number of halogens is 2. The molecule has 1 aromatic rings. The van der Waals surface area contributed by atoms with Crippen LogP contribution >= 0.6 is 28.3 Å². The quantitative estimate of drug-likeness (QED) is 0.790. The number of nitrogens with zero attached hydrogens (tertiary/aromatic N) is 1. The molecule has 0 spiro atoms. The first-order valence-electron chi connectivity index (χ1n) is 6.12. The molecule has 1 aliphatic rings. The Balaban J connectivity index is 0.00000220. The Hall–Kier alpha value is -0.670. The number of nitrogens with one attached hydrogen (secondary N) is 1. The van der Waals surface area contributed by atoms with Crippen molar-refractivity contribution in [1.82, 2.24) is 9.62 Å². The second-order valence-corrected chi connectivity index (χ2v) is 7.53. The molecule has 0 bridgehead atoms. The Morgan fingerprint density at radius 1 is 1.43 bits per heavy atom. The first-order chi connectivity index (χ1) is 9.34. The first kappa shape index (κ1) is 18.4. The summed E-state index contributed by atoms with van der Waals surface area (Å²) in [5.74, 6) is -0.655. The monoisotopic (exact) mass is 397 g/mol. The molecule has 6 nitrogen and oxygen atoms in total. The minimum atomic E-state index is -3.60. The van der Waals surface area contributed by atoms with Gasteiger partial charge < -0.3 is 11.1 Å². The highest BCUT2D eigenvalue weighted by Gasteiger charge is 2.32. The molecule has 3 N–H and O–H groups in total. The van der Waals surface area contributed by atoms with Crippen molar-refractivity contribution in [2.24, 2.45) is 5.73 Å². The van der Waals surface area contributed by atoms with Gasteiger partial charge >= 0.3 is 0 Å². The Morgan fingerprint density at radius 2 is 2.10 bits per heavy atom. The third-order valence-corrected chi connectivity index (χ3v) is 5.65. The van der Waals surface area contributed by atoms with Gasteiger partial charge in [-0.3, -0.25) is 4.79 Å². The van der Waals surface area contributed by atoms with Crippen molar-refractivity contribution in [3.8, 4) is 0 Å². The number of amides is 1.